The van der Waals surface area contributed by atoms with E-state index in [-0.39, 0.29) is 30.4 Å². The van der Waals surface area contributed by atoms with Crippen molar-refractivity contribution in [2.24, 2.45) is 17.8 Å². The molecular weight excluding hydrogens is 368 g/mol. The zero-order valence-corrected chi connectivity index (χ0v) is 18.2. The molecule has 0 aliphatic heterocycles. The van der Waals surface area contributed by atoms with E-state index in [0.29, 0.717) is 17.4 Å². The summed E-state index contributed by atoms with van der Waals surface area (Å²) in [4.78, 5) is 37.3. The fourth-order valence-electron chi connectivity index (χ4n) is 3.77. The number of hydrogen-bond acceptors (Lipinski definition) is 4. The number of ether oxygens (including phenoxy) is 1. The minimum atomic E-state index is -0.815. The van der Waals surface area contributed by atoms with Crippen molar-refractivity contribution in [2.75, 3.05) is 6.61 Å². The molecule has 0 heterocycles. The molecule has 0 spiro atoms. The molecule has 1 aromatic rings. The number of esters is 1. The summed E-state index contributed by atoms with van der Waals surface area (Å²) in [5.74, 6) is -0.422. The van der Waals surface area contributed by atoms with Crippen LogP contribution >= 0.6 is 0 Å². The fraction of sp³-hybridized carbons (Fsp3) is 0.609. The third kappa shape index (κ3) is 6.58. The first-order valence-corrected chi connectivity index (χ1v) is 10.5. The van der Waals surface area contributed by atoms with Crippen molar-refractivity contribution in [3.05, 3.63) is 35.4 Å². The summed E-state index contributed by atoms with van der Waals surface area (Å²) < 4.78 is 5.23. The summed E-state index contributed by atoms with van der Waals surface area (Å²) in [5, 5.41) is 5.72. The van der Waals surface area contributed by atoms with Gasteiger partial charge in [-0.3, -0.25) is 9.59 Å². The molecule has 0 bridgehead atoms. The predicted molar refractivity (Wildman–Crippen MR) is 112 cm³/mol. The molecule has 0 aromatic heterocycles. The van der Waals surface area contributed by atoms with Gasteiger partial charge in [-0.2, -0.15) is 0 Å². The lowest BCUT2D eigenvalue weighted by Gasteiger charge is -2.34. The van der Waals surface area contributed by atoms with Crippen LogP contribution in [0.3, 0.4) is 0 Å². The second-order valence-electron chi connectivity index (χ2n) is 8.61. The first-order chi connectivity index (χ1) is 13.7. The van der Waals surface area contributed by atoms with E-state index in [2.05, 4.69) is 24.5 Å². The van der Waals surface area contributed by atoms with Gasteiger partial charge in [-0.1, -0.05) is 58.2 Å². The maximum atomic E-state index is 12.5. The molecule has 1 fully saturated rings. The highest BCUT2D eigenvalue weighted by Gasteiger charge is 2.30. The number of carbonyl (C=O) groups is 3. The van der Waals surface area contributed by atoms with Crippen molar-refractivity contribution in [2.45, 2.75) is 66.0 Å². The Morgan fingerprint density at radius 1 is 1.17 bits per heavy atom. The Balaban J connectivity index is 1.88. The van der Waals surface area contributed by atoms with Gasteiger partial charge in [0.25, 0.3) is 11.8 Å². The minimum absolute atomic E-state index is 0.117. The van der Waals surface area contributed by atoms with Crippen molar-refractivity contribution < 1.29 is 19.1 Å². The van der Waals surface area contributed by atoms with Crippen molar-refractivity contribution in [1.82, 2.24) is 10.6 Å². The Kier molecular flexibility index (Phi) is 8.23. The van der Waals surface area contributed by atoms with E-state index < -0.39 is 12.0 Å². The van der Waals surface area contributed by atoms with Crippen LogP contribution in [0.1, 0.15) is 62.9 Å². The van der Waals surface area contributed by atoms with Crippen LogP contribution in [0.2, 0.25) is 0 Å². The van der Waals surface area contributed by atoms with Crippen molar-refractivity contribution in [1.29, 1.82) is 0 Å². The maximum absolute atomic E-state index is 12.5. The zero-order valence-electron chi connectivity index (χ0n) is 18.2. The zero-order chi connectivity index (χ0) is 21.6. The summed E-state index contributed by atoms with van der Waals surface area (Å²) >= 11 is 0. The Labute approximate surface area is 173 Å². The van der Waals surface area contributed by atoms with E-state index in [1.807, 2.05) is 26.8 Å². The highest BCUT2D eigenvalue weighted by Crippen LogP contribution is 2.29. The molecule has 1 aromatic carbocycles. The molecule has 3 unspecified atom stereocenters. The van der Waals surface area contributed by atoms with Crippen molar-refractivity contribution in [3.63, 3.8) is 0 Å². The van der Waals surface area contributed by atoms with Gasteiger partial charge >= 0.3 is 5.97 Å². The van der Waals surface area contributed by atoms with Crippen LogP contribution < -0.4 is 10.6 Å². The highest BCUT2D eigenvalue weighted by atomic mass is 16.5. The second kappa shape index (κ2) is 10.4. The third-order valence-corrected chi connectivity index (χ3v) is 5.89. The van der Waals surface area contributed by atoms with Gasteiger partial charge in [0.05, 0.1) is 0 Å². The molecule has 6 heteroatoms. The van der Waals surface area contributed by atoms with Crippen LogP contribution in [-0.4, -0.2) is 36.5 Å². The monoisotopic (exact) mass is 402 g/mol. The molecule has 160 valence electrons. The smallest absolute Gasteiger partial charge is 0.329 e. The number of nitrogens with one attached hydrogen (secondary N) is 2. The molecule has 1 aliphatic rings. The Bertz CT molecular complexity index is 731. The van der Waals surface area contributed by atoms with E-state index >= 15 is 0 Å². The lowest BCUT2D eigenvalue weighted by molar-refractivity contribution is -0.151. The number of carbonyl (C=O) groups excluding carboxylic acids is 3. The maximum Gasteiger partial charge on any atom is 0.329 e. The van der Waals surface area contributed by atoms with E-state index in [0.717, 1.165) is 18.4 Å². The number of aryl methyl sites for hydroxylation is 1. The van der Waals surface area contributed by atoms with E-state index in [9.17, 15) is 14.4 Å². The molecule has 0 radical (unpaired) electrons. The Hall–Kier alpha value is -2.37. The first-order valence-electron chi connectivity index (χ1n) is 10.5. The van der Waals surface area contributed by atoms with E-state index in [1.165, 1.54) is 6.42 Å². The molecule has 6 nitrogen and oxygen atoms in total. The van der Waals surface area contributed by atoms with Gasteiger partial charge < -0.3 is 15.4 Å². The van der Waals surface area contributed by atoms with E-state index in [4.69, 9.17) is 4.74 Å². The van der Waals surface area contributed by atoms with Gasteiger partial charge in [-0.25, -0.2) is 4.79 Å². The van der Waals surface area contributed by atoms with Gasteiger partial charge in [0, 0.05) is 11.6 Å². The van der Waals surface area contributed by atoms with E-state index in [1.54, 1.807) is 18.2 Å². The highest BCUT2D eigenvalue weighted by molar-refractivity contribution is 5.97. The third-order valence-electron chi connectivity index (χ3n) is 5.89. The number of amides is 2. The first kappa shape index (κ1) is 22.9. The summed E-state index contributed by atoms with van der Waals surface area (Å²) in [6, 6.07) is 6.46. The molecule has 1 aliphatic carbocycles. The summed E-state index contributed by atoms with van der Waals surface area (Å²) in [6.45, 7) is 9.57. The van der Waals surface area contributed by atoms with Crippen molar-refractivity contribution >= 4 is 17.8 Å². The second-order valence-corrected chi connectivity index (χ2v) is 8.61. The molecule has 29 heavy (non-hydrogen) atoms. The van der Waals surface area contributed by atoms with Crippen LogP contribution in [0.25, 0.3) is 0 Å². The molecule has 0 saturated heterocycles. The van der Waals surface area contributed by atoms with Crippen LogP contribution in [0.5, 0.6) is 0 Å². The van der Waals surface area contributed by atoms with Gasteiger partial charge in [-0.05, 0) is 43.2 Å². The molecule has 2 rings (SSSR count). The van der Waals surface area contributed by atoms with Crippen LogP contribution in [-0.2, 0) is 14.3 Å². The average Bonchev–Trinajstić information content (AvgIpc) is 2.67. The summed E-state index contributed by atoms with van der Waals surface area (Å²) in [7, 11) is 0. The number of rotatable bonds is 7. The SMILES string of the molecule is Cc1cccc(C(=O)N[C@H](C(=O)OCC(=O)NC2CCCC(C)C2C)C(C)C)c1. The number of benzene rings is 1. The molecule has 1 saturated carbocycles. The van der Waals surface area contributed by atoms with Gasteiger partial charge in [0.1, 0.15) is 6.04 Å². The lowest BCUT2D eigenvalue weighted by atomic mass is 9.78. The normalized spacial score (nSPS) is 22.6. The van der Waals surface area contributed by atoms with Gasteiger partial charge in [0.2, 0.25) is 0 Å². The minimum Gasteiger partial charge on any atom is -0.454 e. The predicted octanol–water partition coefficient (Wildman–Crippen LogP) is 3.23. The fourth-order valence-corrected chi connectivity index (χ4v) is 3.77. The van der Waals surface area contributed by atoms with Gasteiger partial charge in [0.15, 0.2) is 6.61 Å². The van der Waals surface area contributed by atoms with Crippen molar-refractivity contribution in [3.8, 4) is 0 Å². The van der Waals surface area contributed by atoms with Crippen LogP contribution in [0.4, 0.5) is 0 Å². The summed E-state index contributed by atoms with van der Waals surface area (Å²) in [6.07, 6.45) is 3.22. The molecular formula is C23H34N2O4. The molecule has 2 N–H and O–H groups in total. The largest absolute Gasteiger partial charge is 0.454 e. The van der Waals surface area contributed by atoms with Crippen LogP contribution in [0.15, 0.2) is 24.3 Å². The molecule has 2 amide bonds. The Morgan fingerprint density at radius 2 is 1.90 bits per heavy atom. The number of hydrogen-bond donors (Lipinski definition) is 2. The average molecular weight is 403 g/mol. The molecule has 4 atom stereocenters. The quantitative estimate of drug-likeness (QED) is 0.686. The standard InChI is InChI=1S/C23H34N2O4/c1-14(2)21(25-22(27)18-10-6-8-15(3)12-18)23(28)29-13-20(26)24-19-11-7-9-16(4)17(19)5/h6,8,10,12,14,16-17,19,21H,7,9,11,13H2,1-5H3,(H,24,26)(H,25,27)/t16?,17?,19?,21-/m0/s1. The van der Waals surface area contributed by atoms with Gasteiger partial charge in [-0.15, -0.1) is 0 Å². The summed E-state index contributed by atoms with van der Waals surface area (Å²) in [5.41, 5.74) is 1.45. The lowest BCUT2D eigenvalue weighted by Crippen LogP contribution is -2.48. The topological polar surface area (TPSA) is 84.5 Å². The Morgan fingerprint density at radius 3 is 2.55 bits per heavy atom. The van der Waals surface area contributed by atoms with Crippen LogP contribution in [0, 0.1) is 24.7 Å².